The maximum atomic E-state index is 12.6. The highest BCUT2D eigenvalue weighted by molar-refractivity contribution is 5.91. The zero-order valence-electron chi connectivity index (χ0n) is 23.4. The quantitative estimate of drug-likeness (QED) is 0.125. The molecule has 0 fully saturated rings. The highest BCUT2D eigenvalue weighted by Gasteiger charge is 2.10. The van der Waals surface area contributed by atoms with Gasteiger partial charge in [0.05, 0.1) is 24.1 Å². The van der Waals surface area contributed by atoms with Gasteiger partial charge in [0.2, 0.25) is 0 Å². The van der Waals surface area contributed by atoms with Crippen LogP contribution in [0.4, 0.5) is 0 Å². The van der Waals surface area contributed by atoms with Gasteiger partial charge in [-0.1, -0.05) is 90.2 Å². The van der Waals surface area contributed by atoms with Crippen LogP contribution in [0, 0.1) is 0 Å². The highest BCUT2D eigenvalue weighted by Crippen LogP contribution is 2.23. The number of unbranched alkanes of at least 4 members (excludes halogenated alkanes) is 10. The lowest BCUT2D eigenvalue weighted by atomic mass is 10.0. The molecule has 0 unspecified atom stereocenters. The Kier molecular flexibility index (Phi) is 13.5. The van der Waals surface area contributed by atoms with Crippen LogP contribution >= 0.6 is 0 Å². The number of carbonyl (C=O) groups excluding carboxylic acids is 1. The molecule has 0 aliphatic heterocycles. The summed E-state index contributed by atoms with van der Waals surface area (Å²) in [5.74, 6) is 0.956. The monoisotopic (exact) mass is 515 g/mol. The lowest BCUT2D eigenvalue weighted by Gasteiger charge is -2.08. The minimum absolute atomic E-state index is 0.366. The van der Waals surface area contributed by atoms with E-state index in [1.54, 1.807) is 12.3 Å². The molecule has 3 aromatic rings. The van der Waals surface area contributed by atoms with Crippen LogP contribution in [0.15, 0.2) is 66.9 Å². The number of ether oxygens (including phenoxy) is 2. The molecular formula is C34H45NO3. The van der Waals surface area contributed by atoms with Crippen LogP contribution in [0.25, 0.3) is 11.3 Å². The van der Waals surface area contributed by atoms with E-state index in [9.17, 15) is 4.79 Å². The average Bonchev–Trinajstić information content (AvgIpc) is 2.95. The third-order valence-corrected chi connectivity index (χ3v) is 6.87. The summed E-state index contributed by atoms with van der Waals surface area (Å²) in [7, 11) is 0. The van der Waals surface area contributed by atoms with E-state index in [2.05, 4.69) is 18.8 Å². The number of nitrogens with zero attached hydrogens (tertiary/aromatic N) is 1. The molecule has 204 valence electrons. The van der Waals surface area contributed by atoms with E-state index in [0.717, 1.165) is 36.5 Å². The van der Waals surface area contributed by atoms with Gasteiger partial charge in [-0.15, -0.1) is 0 Å². The molecule has 38 heavy (non-hydrogen) atoms. The Balaban J connectivity index is 1.39. The molecular weight excluding hydrogens is 470 g/mol. The summed E-state index contributed by atoms with van der Waals surface area (Å²) in [4.78, 5) is 17.0. The van der Waals surface area contributed by atoms with Crippen molar-refractivity contribution in [3.05, 3.63) is 78.0 Å². The molecule has 0 N–H and O–H groups in total. The van der Waals surface area contributed by atoms with E-state index in [1.165, 1.54) is 76.2 Å². The van der Waals surface area contributed by atoms with Crippen molar-refractivity contribution in [3.63, 3.8) is 0 Å². The number of carbonyl (C=O) groups is 1. The summed E-state index contributed by atoms with van der Waals surface area (Å²) in [6, 6.07) is 19.4. The number of hydrogen-bond donors (Lipinski definition) is 0. The van der Waals surface area contributed by atoms with Gasteiger partial charge < -0.3 is 9.47 Å². The molecule has 2 aromatic carbocycles. The Morgan fingerprint density at radius 1 is 0.658 bits per heavy atom. The smallest absolute Gasteiger partial charge is 0.343 e. The lowest BCUT2D eigenvalue weighted by Crippen LogP contribution is -2.08. The molecule has 0 bridgehead atoms. The SMILES string of the molecule is CCCCCCCCCCOc1ccc(-c2ccc(OC(=O)c3ccc(CCCCCC)cc3)cn2)cc1. The number of benzene rings is 2. The first-order chi connectivity index (χ1) is 18.7. The number of esters is 1. The van der Waals surface area contributed by atoms with Crippen molar-refractivity contribution in [2.45, 2.75) is 97.3 Å². The average molecular weight is 516 g/mol. The molecule has 0 saturated carbocycles. The largest absolute Gasteiger partial charge is 0.494 e. The minimum Gasteiger partial charge on any atom is -0.494 e. The van der Waals surface area contributed by atoms with Gasteiger partial charge >= 0.3 is 5.97 Å². The second kappa shape index (κ2) is 17.4. The van der Waals surface area contributed by atoms with Gasteiger partial charge in [-0.05, 0) is 73.4 Å². The second-order valence-corrected chi connectivity index (χ2v) is 10.1. The predicted molar refractivity (Wildman–Crippen MR) is 157 cm³/mol. The third kappa shape index (κ3) is 10.7. The standard InChI is InChI=1S/C34H45NO3/c1-3-5-7-9-10-11-12-14-26-37-31-22-20-29(21-23-31)33-25-24-32(27-35-33)38-34(36)30-18-16-28(17-19-30)15-13-8-6-4-2/h16-25,27H,3-15,26H2,1-2H3. The zero-order chi connectivity index (χ0) is 26.8. The summed E-state index contributed by atoms with van der Waals surface area (Å²) in [6.45, 7) is 5.23. The van der Waals surface area contributed by atoms with Crippen LogP contribution in [-0.4, -0.2) is 17.6 Å². The van der Waals surface area contributed by atoms with Crippen LogP contribution in [-0.2, 0) is 6.42 Å². The topological polar surface area (TPSA) is 48.4 Å². The molecule has 0 amide bonds. The van der Waals surface area contributed by atoms with E-state index in [1.807, 2.05) is 54.6 Å². The predicted octanol–water partition coefficient (Wildman–Crippen LogP) is 9.61. The van der Waals surface area contributed by atoms with Crippen LogP contribution in [0.1, 0.15) is 107 Å². The van der Waals surface area contributed by atoms with Crippen LogP contribution in [0.5, 0.6) is 11.5 Å². The van der Waals surface area contributed by atoms with Crippen LogP contribution in [0.2, 0.25) is 0 Å². The number of hydrogen-bond acceptors (Lipinski definition) is 4. The third-order valence-electron chi connectivity index (χ3n) is 6.87. The van der Waals surface area contributed by atoms with Crippen molar-refractivity contribution in [2.75, 3.05) is 6.61 Å². The molecule has 0 aliphatic carbocycles. The Morgan fingerprint density at radius 3 is 1.89 bits per heavy atom. The molecule has 0 saturated heterocycles. The molecule has 4 nitrogen and oxygen atoms in total. The van der Waals surface area contributed by atoms with Crippen molar-refractivity contribution in [3.8, 4) is 22.8 Å². The molecule has 1 heterocycles. The Labute approximate surface area is 229 Å². The van der Waals surface area contributed by atoms with Crippen LogP contribution < -0.4 is 9.47 Å². The van der Waals surface area contributed by atoms with E-state index < -0.39 is 0 Å². The summed E-state index contributed by atoms with van der Waals surface area (Å²) in [5.41, 5.74) is 3.63. The Bertz CT molecular complexity index is 1040. The van der Waals surface area contributed by atoms with Gasteiger partial charge in [0.25, 0.3) is 0 Å². The van der Waals surface area contributed by atoms with E-state index in [-0.39, 0.29) is 5.97 Å². The maximum Gasteiger partial charge on any atom is 0.343 e. The van der Waals surface area contributed by atoms with Crippen molar-refractivity contribution in [2.24, 2.45) is 0 Å². The summed E-state index contributed by atoms with van der Waals surface area (Å²) in [6.07, 6.45) is 18.0. The Morgan fingerprint density at radius 2 is 1.26 bits per heavy atom. The van der Waals surface area contributed by atoms with Gasteiger partial charge in [-0.2, -0.15) is 0 Å². The minimum atomic E-state index is -0.366. The fourth-order valence-corrected chi connectivity index (χ4v) is 4.49. The number of pyridine rings is 1. The summed E-state index contributed by atoms with van der Waals surface area (Å²) in [5, 5.41) is 0. The van der Waals surface area contributed by atoms with E-state index in [0.29, 0.717) is 11.3 Å². The normalized spacial score (nSPS) is 10.9. The molecule has 4 heteroatoms. The van der Waals surface area contributed by atoms with Gasteiger partial charge in [0.15, 0.2) is 0 Å². The van der Waals surface area contributed by atoms with E-state index in [4.69, 9.17) is 9.47 Å². The number of aromatic nitrogens is 1. The summed E-state index contributed by atoms with van der Waals surface area (Å²) < 4.78 is 11.4. The van der Waals surface area contributed by atoms with Gasteiger partial charge in [0, 0.05) is 5.56 Å². The molecule has 0 atom stereocenters. The molecule has 0 radical (unpaired) electrons. The fraction of sp³-hybridized carbons (Fsp3) is 0.471. The van der Waals surface area contributed by atoms with Crippen molar-refractivity contribution < 1.29 is 14.3 Å². The first-order valence-corrected chi connectivity index (χ1v) is 14.7. The van der Waals surface area contributed by atoms with E-state index >= 15 is 0 Å². The lowest BCUT2D eigenvalue weighted by molar-refractivity contribution is 0.0734. The Hall–Kier alpha value is -3.14. The molecule has 0 aliphatic rings. The molecule has 1 aromatic heterocycles. The van der Waals surface area contributed by atoms with Gasteiger partial charge in [-0.25, -0.2) is 4.79 Å². The molecule has 3 rings (SSSR count). The van der Waals surface area contributed by atoms with Crippen molar-refractivity contribution in [1.29, 1.82) is 0 Å². The maximum absolute atomic E-state index is 12.6. The molecule has 0 spiro atoms. The highest BCUT2D eigenvalue weighted by atomic mass is 16.5. The van der Waals surface area contributed by atoms with Gasteiger partial charge in [-0.3, -0.25) is 4.98 Å². The zero-order valence-corrected chi connectivity index (χ0v) is 23.4. The first kappa shape index (κ1) is 29.4. The number of aryl methyl sites for hydroxylation is 1. The van der Waals surface area contributed by atoms with Crippen LogP contribution in [0.3, 0.4) is 0 Å². The fourth-order valence-electron chi connectivity index (χ4n) is 4.49. The van der Waals surface area contributed by atoms with Crippen molar-refractivity contribution in [1.82, 2.24) is 4.98 Å². The number of rotatable bonds is 18. The first-order valence-electron chi connectivity index (χ1n) is 14.7. The van der Waals surface area contributed by atoms with Crippen molar-refractivity contribution >= 4 is 5.97 Å². The summed E-state index contributed by atoms with van der Waals surface area (Å²) >= 11 is 0. The second-order valence-electron chi connectivity index (χ2n) is 10.1. The van der Waals surface area contributed by atoms with Gasteiger partial charge in [0.1, 0.15) is 11.5 Å².